The molecule has 0 spiro atoms. The number of azo groups is 1. The maximum absolute atomic E-state index is 11.4. The van der Waals surface area contributed by atoms with Crippen LogP contribution in [0.4, 0.5) is 0 Å². The minimum Gasteiger partial charge on any atom is -0.290 e. The Balaban J connectivity index is 1.70. The summed E-state index contributed by atoms with van der Waals surface area (Å²) in [7, 11) is 0. The molecule has 0 N–H and O–H groups in total. The first-order chi connectivity index (χ1) is 9.75. The molecule has 102 valence electrons. The number of benzene rings is 1. The summed E-state index contributed by atoms with van der Waals surface area (Å²) < 4.78 is 0. The molecule has 0 saturated heterocycles. The number of carbonyl (C=O) groups excluding carboxylic acids is 2. The maximum Gasteiger partial charge on any atom is 0.206 e. The highest BCUT2D eigenvalue weighted by molar-refractivity contribution is 6.17. The minimum absolute atomic E-state index is 0.126. The normalized spacial score (nSPS) is 14.9. The smallest absolute Gasteiger partial charge is 0.206 e. The molecule has 0 heterocycles. The van der Waals surface area contributed by atoms with E-state index in [0.717, 1.165) is 19.3 Å². The first kappa shape index (κ1) is 14.1. The van der Waals surface area contributed by atoms with Crippen LogP contribution in [0.15, 0.2) is 64.5 Å². The molecule has 0 atom stereocenters. The highest BCUT2D eigenvalue weighted by Crippen LogP contribution is 2.08. The predicted molar refractivity (Wildman–Crippen MR) is 76.3 cm³/mol. The Morgan fingerprint density at radius 2 is 1.75 bits per heavy atom. The fourth-order valence-corrected chi connectivity index (χ4v) is 1.86. The Morgan fingerprint density at radius 3 is 2.55 bits per heavy atom. The average molecular weight is 268 g/mol. The van der Waals surface area contributed by atoms with Crippen LogP contribution in [0, 0.1) is 0 Å². The molecule has 0 aromatic heterocycles. The Hall–Kier alpha value is -2.36. The number of hydrogen-bond acceptors (Lipinski definition) is 4. The zero-order valence-corrected chi connectivity index (χ0v) is 11.2. The van der Waals surface area contributed by atoms with Gasteiger partial charge < -0.3 is 0 Å². The summed E-state index contributed by atoms with van der Waals surface area (Å²) >= 11 is 0. The topological polar surface area (TPSA) is 58.9 Å². The maximum atomic E-state index is 11.4. The van der Waals surface area contributed by atoms with Gasteiger partial charge in [0.2, 0.25) is 5.78 Å². The van der Waals surface area contributed by atoms with Gasteiger partial charge in [0, 0.05) is 6.08 Å². The fraction of sp³-hybridized carbons (Fsp3) is 0.250. The number of hydrogen-bond donors (Lipinski definition) is 0. The van der Waals surface area contributed by atoms with Crippen molar-refractivity contribution in [1.29, 1.82) is 0 Å². The molecule has 0 amide bonds. The quantitative estimate of drug-likeness (QED) is 0.452. The molecule has 1 aliphatic rings. The van der Waals surface area contributed by atoms with Crippen LogP contribution in [0.25, 0.3) is 0 Å². The second-order valence-electron chi connectivity index (χ2n) is 4.54. The standard InChI is InChI=1S/C16H16N2O2/c19-14-9-10-16(20)15(12-14)18-17-11-5-4-8-13-6-2-1-3-7-13/h1-3,6-7,9-10,12H,4-5,8,11H2. The van der Waals surface area contributed by atoms with E-state index in [0.29, 0.717) is 6.54 Å². The van der Waals surface area contributed by atoms with Crippen LogP contribution in [-0.4, -0.2) is 18.1 Å². The van der Waals surface area contributed by atoms with Crippen molar-refractivity contribution < 1.29 is 9.59 Å². The van der Waals surface area contributed by atoms with Gasteiger partial charge in [-0.15, -0.1) is 0 Å². The van der Waals surface area contributed by atoms with E-state index in [9.17, 15) is 9.59 Å². The van der Waals surface area contributed by atoms with Gasteiger partial charge in [0.25, 0.3) is 0 Å². The summed E-state index contributed by atoms with van der Waals surface area (Å²) in [4.78, 5) is 22.5. The second-order valence-corrected chi connectivity index (χ2v) is 4.54. The summed E-state index contributed by atoms with van der Waals surface area (Å²) in [6.45, 7) is 0.565. The molecule has 1 aromatic carbocycles. The third kappa shape index (κ3) is 4.39. The van der Waals surface area contributed by atoms with Crippen LogP contribution in [0.5, 0.6) is 0 Å². The summed E-state index contributed by atoms with van der Waals surface area (Å²) in [5.41, 5.74) is 1.44. The van der Waals surface area contributed by atoms with E-state index in [-0.39, 0.29) is 17.3 Å². The summed E-state index contributed by atoms with van der Waals surface area (Å²) in [6, 6.07) is 10.3. The van der Waals surface area contributed by atoms with Gasteiger partial charge in [-0.3, -0.25) is 9.59 Å². The molecule has 0 saturated carbocycles. The van der Waals surface area contributed by atoms with Crippen molar-refractivity contribution in [2.45, 2.75) is 19.3 Å². The van der Waals surface area contributed by atoms with Gasteiger partial charge in [-0.25, -0.2) is 0 Å². The summed E-state index contributed by atoms with van der Waals surface area (Å²) in [5.74, 6) is -0.486. The molecular weight excluding hydrogens is 252 g/mol. The Bertz CT molecular complexity index is 571. The molecule has 1 aliphatic carbocycles. The van der Waals surface area contributed by atoms with E-state index >= 15 is 0 Å². The lowest BCUT2D eigenvalue weighted by Gasteiger charge is -2.00. The van der Waals surface area contributed by atoms with E-state index in [1.165, 1.54) is 23.8 Å². The summed E-state index contributed by atoms with van der Waals surface area (Å²) in [5, 5.41) is 7.78. The highest BCUT2D eigenvalue weighted by atomic mass is 16.1. The van der Waals surface area contributed by atoms with Gasteiger partial charge in [0.1, 0.15) is 5.70 Å². The number of allylic oxidation sites excluding steroid dienone is 3. The lowest BCUT2D eigenvalue weighted by Crippen LogP contribution is -2.05. The van der Waals surface area contributed by atoms with Gasteiger partial charge in [-0.05, 0) is 37.0 Å². The number of unbranched alkanes of at least 4 members (excludes halogenated alkanes) is 1. The zero-order valence-electron chi connectivity index (χ0n) is 11.2. The predicted octanol–water partition coefficient (Wildman–Crippen LogP) is 3.05. The number of rotatable bonds is 6. The Labute approximate surface area is 117 Å². The third-order valence-corrected chi connectivity index (χ3v) is 2.93. The second kappa shape index (κ2) is 7.28. The van der Waals surface area contributed by atoms with Crippen LogP contribution in [-0.2, 0) is 16.0 Å². The van der Waals surface area contributed by atoms with Crippen LogP contribution in [0.1, 0.15) is 18.4 Å². The van der Waals surface area contributed by atoms with Gasteiger partial charge in [-0.1, -0.05) is 30.3 Å². The van der Waals surface area contributed by atoms with Crippen LogP contribution < -0.4 is 0 Å². The molecule has 20 heavy (non-hydrogen) atoms. The molecule has 2 rings (SSSR count). The first-order valence-corrected chi connectivity index (χ1v) is 6.65. The van der Waals surface area contributed by atoms with Crippen LogP contribution in [0.3, 0.4) is 0 Å². The van der Waals surface area contributed by atoms with Crippen molar-refractivity contribution in [2.75, 3.05) is 6.54 Å². The van der Waals surface area contributed by atoms with Gasteiger partial charge in [0.05, 0.1) is 6.54 Å². The van der Waals surface area contributed by atoms with Crippen molar-refractivity contribution in [3.05, 3.63) is 59.8 Å². The number of ketones is 2. The molecule has 0 unspecified atom stereocenters. The van der Waals surface area contributed by atoms with Gasteiger partial charge in [0.15, 0.2) is 5.78 Å². The first-order valence-electron chi connectivity index (χ1n) is 6.65. The van der Waals surface area contributed by atoms with Crippen molar-refractivity contribution in [1.82, 2.24) is 0 Å². The molecule has 1 aromatic rings. The van der Waals surface area contributed by atoms with Gasteiger partial charge >= 0.3 is 0 Å². The number of carbonyl (C=O) groups is 2. The highest BCUT2D eigenvalue weighted by Gasteiger charge is 2.11. The lowest BCUT2D eigenvalue weighted by molar-refractivity contribution is -0.114. The third-order valence-electron chi connectivity index (χ3n) is 2.93. The summed E-state index contributed by atoms with van der Waals surface area (Å²) in [6.07, 6.45) is 6.63. The molecule has 0 aliphatic heterocycles. The number of aryl methyl sites for hydroxylation is 1. The molecule has 0 bridgehead atoms. The zero-order chi connectivity index (χ0) is 14.2. The van der Waals surface area contributed by atoms with E-state index < -0.39 is 0 Å². The Morgan fingerprint density at radius 1 is 0.950 bits per heavy atom. The SMILES string of the molecule is O=C1C=CC(=O)C(N=NCCCCc2ccccc2)=C1. The molecule has 0 radical (unpaired) electrons. The van der Waals surface area contributed by atoms with E-state index in [1.807, 2.05) is 18.2 Å². The molecule has 0 fully saturated rings. The van der Waals surface area contributed by atoms with Crippen LogP contribution >= 0.6 is 0 Å². The largest absolute Gasteiger partial charge is 0.290 e. The van der Waals surface area contributed by atoms with E-state index in [2.05, 4.69) is 22.4 Å². The lowest BCUT2D eigenvalue weighted by atomic mass is 10.1. The van der Waals surface area contributed by atoms with Gasteiger partial charge in [-0.2, -0.15) is 10.2 Å². The monoisotopic (exact) mass is 268 g/mol. The minimum atomic E-state index is -0.266. The Kier molecular flexibility index (Phi) is 5.12. The average Bonchev–Trinajstić information content (AvgIpc) is 2.47. The van der Waals surface area contributed by atoms with Crippen LogP contribution in [0.2, 0.25) is 0 Å². The van der Waals surface area contributed by atoms with Crippen molar-refractivity contribution in [3.8, 4) is 0 Å². The van der Waals surface area contributed by atoms with Crippen molar-refractivity contribution >= 4 is 11.6 Å². The van der Waals surface area contributed by atoms with E-state index in [4.69, 9.17) is 0 Å². The van der Waals surface area contributed by atoms with Crippen molar-refractivity contribution in [3.63, 3.8) is 0 Å². The molecular formula is C16H16N2O2. The number of nitrogens with zero attached hydrogens (tertiary/aromatic N) is 2. The molecule has 4 nitrogen and oxygen atoms in total. The van der Waals surface area contributed by atoms with Crippen molar-refractivity contribution in [2.24, 2.45) is 10.2 Å². The van der Waals surface area contributed by atoms with E-state index in [1.54, 1.807) is 0 Å². The molecule has 4 heteroatoms. The fourth-order valence-electron chi connectivity index (χ4n) is 1.86.